The molecular formula is C15H15FN2O. The molecule has 19 heavy (non-hydrogen) atoms. The first kappa shape index (κ1) is 13.3. The van der Waals surface area contributed by atoms with Crippen LogP contribution < -0.4 is 0 Å². The van der Waals surface area contributed by atoms with E-state index in [4.69, 9.17) is 0 Å². The summed E-state index contributed by atoms with van der Waals surface area (Å²) in [6.07, 6.45) is 0.614. The van der Waals surface area contributed by atoms with Crippen molar-refractivity contribution in [3.05, 3.63) is 58.2 Å². The van der Waals surface area contributed by atoms with Gasteiger partial charge in [0.1, 0.15) is 5.82 Å². The molecule has 1 heterocycles. The van der Waals surface area contributed by atoms with E-state index in [1.54, 1.807) is 32.0 Å². The van der Waals surface area contributed by atoms with Crippen LogP contribution in [0.4, 0.5) is 4.39 Å². The molecule has 0 atom stereocenters. The molecule has 0 aliphatic heterocycles. The average Bonchev–Trinajstić information content (AvgIpc) is 2.41. The van der Waals surface area contributed by atoms with Crippen LogP contribution in [-0.4, -0.2) is 16.0 Å². The summed E-state index contributed by atoms with van der Waals surface area (Å²) >= 11 is 0. The summed E-state index contributed by atoms with van der Waals surface area (Å²) in [6, 6.07) is 6.21. The summed E-state index contributed by atoms with van der Waals surface area (Å²) in [7, 11) is 0. The maximum absolute atomic E-state index is 13.5. The van der Waals surface area contributed by atoms with Crippen LogP contribution in [0.3, 0.4) is 0 Å². The summed E-state index contributed by atoms with van der Waals surface area (Å²) in [5.74, 6) is -0.587. The van der Waals surface area contributed by atoms with Gasteiger partial charge in [-0.25, -0.2) is 4.39 Å². The Balaban J connectivity index is 2.49. The molecule has 3 nitrogen and oxygen atoms in total. The predicted octanol–water partition coefficient (Wildman–Crippen LogP) is 3.03. The van der Waals surface area contributed by atoms with Crippen LogP contribution >= 0.6 is 0 Å². The number of benzene rings is 1. The predicted molar refractivity (Wildman–Crippen MR) is 70.7 cm³/mol. The van der Waals surface area contributed by atoms with Crippen LogP contribution in [0.5, 0.6) is 0 Å². The van der Waals surface area contributed by atoms with E-state index in [2.05, 4.69) is 10.2 Å². The van der Waals surface area contributed by atoms with E-state index in [0.717, 1.165) is 0 Å². The molecule has 0 fully saturated rings. The Morgan fingerprint density at radius 3 is 2.58 bits per heavy atom. The maximum Gasteiger partial charge on any atom is 0.195 e. The van der Waals surface area contributed by atoms with E-state index in [9.17, 15) is 9.18 Å². The van der Waals surface area contributed by atoms with Gasteiger partial charge in [0.2, 0.25) is 0 Å². The molecule has 0 saturated carbocycles. The fourth-order valence-corrected chi connectivity index (χ4v) is 1.86. The Labute approximate surface area is 111 Å². The lowest BCUT2D eigenvalue weighted by Gasteiger charge is -2.07. The monoisotopic (exact) mass is 258 g/mol. The van der Waals surface area contributed by atoms with Crippen LogP contribution in [0, 0.1) is 19.7 Å². The first-order valence-electron chi connectivity index (χ1n) is 6.17. The quantitative estimate of drug-likeness (QED) is 0.795. The van der Waals surface area contributed by atoms with Gasteiger partial charge in [-0.15, -0.1) is 0 Å². The molecule has 0 saturated heterocycles. The second kappa shape index (κ2) is 5.26. The smallest absolute Gasteiger partial charge is 0.195 e. The maximum atomic E-state index is 13.5. The van der Waals surface area contributed by atoms with Gasteiger partial charge in [-0.05, 0) is 38.0 Å². The number of halogens is 1. The fourth-order valence-electron chi connectivity index (χ4n) is 1.86. The van der Waals surface area contributed by atoms with E-state index in [0.29, 0.717) is 34.5 Å². The van der Waals surface area contributed by atoms with Crippen molar-refractivity contribution in [1.82, 2.24) is 10.2 Å². The normalized spacial score (nSPS) is 10.5. The van der Waals surface area contributed by atoms with Crippen molar-refractivity contribution in [2.75, 3.05) is 0 Å². The first-order chi connectivity index (χ1) is 9.02. The van der Waals surface area contributed by atoms with Crippen LogP contribution in [-0.2, 0) is 6.42 Å². The molecule has 0 spiro atoms. The van der Waals surface area contributed by atoms with Gasteiger partial charge >= 0.3 is 0 Å². The minimum Gasteiger partial charge on any atom is -0.289 e. The number of hydrogen-bond donors (Lipinski definition) is 0. The first-order valence-corrected chi connectivity index (χ1v) is 6.17. The largest absolute Gasteiger partial charge is 0.289 e. The lowest BCUT2D eigenvalue weighted by molar-refractivity contribution is 0.103. The second-order valence-corrected chi connectivity index (χ2v) is 4.49. The molecule has 0 N–H and O–H groups in total. The lowest BCUT2D eigenvalue weighted by Crippen LogP contribution is -2.09. The third kappa shape index (κ3) is 2.67. The number of carbonyl (C=O) groups excluding carboxylic acids is 1. The summed E-state index contributed by atoms with van der Waals surface area (Å²) in [5.41, 5.74) is 2.67. The minimum atomic E-state index is -0.373. The SMILES string of the molecule is CCc1nnc(C)cc1C(=O)c1ccc(C)c(F)c1. The van der Waals surface area contributed by atoms with Crippen LogP contribution in [0.15, 0.2) is 24.3 Å². The Morgan fingerprint density at radius 1 is 1.21 bits per heavy atom. The van der Waals surface area contributed by atoms with Crippen molar-refractivity contribution in [2.24, 2.45) is 0 Å². The molecule has 1 aromatic heterocycles. The molecule has 0 radical (unpaired) electrons. The number of aryl methyl sites for hydroxylation is 3. The summed E-state index contributed by atoms with van der Waals surface area (Å²) in [6.45, 7) is 5.35. The summed E-state index contributed by atoms with van der Waals surface area (Å²) in [4.78, 5) is 12.4. The number of rotatable bonds is 3. The Hall–Kier alpha value is -2.10. The highest BCUT2D eigenvalue weighted by Crippen LogP contribution is 2.16. The summed E-state index contributed by atoms with van der Waals surface area (Å²) < 4.78 is 13.5. The molecule has 0 aliphatic rings. The Morgan fingerprint density at radius 2 is 1.95 bits per heavy atom. The molecule has 4 heteroatoms. The number of nitrogens with zero attached hydrogens (tertiary/aromatic N) is 2. The van der Waals surface area contributed by atoms with Gasteiger partial charge in [-0.2, -0.15) is 10.2 Å². The average molecular weight is 258 g/mol. The van der Waals surface area contributed by atoms with Crippen molar-refractivity contribution in [3.63, 3.8) is 0 Å². The van der Waals surface area contributed by atoms with Crippen molar-refractivity contribution in [2.45, 2.75) is 27.2 Å². The van der Waals surface area contributed by atoms with Crippen molar-refractivity contribution in [3.8, 4) is 0 Å². The number of ketones is 1. The molecule has 98 valence electrons. The van der Waals surface area contributed by atoms with E-state index in [1.807, 2.05) is 6.92 Å². The number of carbonyl (C=O) groups is 1. The van der Waals surface area contributed by atoms with Gasteiger partial charge in [0.05, 0.1) is 11.4 Å². The van der Waals surface area contributed by atoms with Crippen LogP contribution in [0.25, 0.3) is 0 Å². The van der Waals surface area contributed by atoms with Gasteiger partial charge in [-0.1, -0.05) is 19.1 Å². The van der Waals surface area contributed by atoms with Gasteiger partial charge in [0.15, 0.2) is 5.78 Å². The molecular weight excluding hydrogens is 243 g/mol. The molecule has 2 aromatic rings. The van der Waals surface area contributed by atoms with Crippen LogP contribution in [0.2, 0.25) is 0 Å². The van der Waals surface area contributed by atoms with Gasteiger partial charge in [-0.3, -0.25) is 4.79 Å². The lowest BCUT2D eigenvalue weighted by atomic mass is 9.99. The molecule has 0 bridgehead atoms. The Bertz CT molecular complexity index is 638. The topological polar surface area (TPSA) is 42.9 Å². The van der Waals surface area contributed by atoms with Crippen LogP contribution in [0.1, 0.15) is 39.8 Å². The summed E-state index contributed by atoms with van der Waals surface area (Å²) in [5, 5.41) is 7.96. The standard InChI is InChI=1S/C15H15FN2O/c1-4-14-12(7-10(3)17-18-14)15(19)11-6-5-9(2)13(16)8-11/h5-8H,4H2,1-3H3. The number of aromatic nitrogens is 2. The van der Waals surface area contributed by atoms with Gasteiger partial charge in [0.25, 0.3) is 0 Å². The van der Waals surface area contributed by atoms with E-state index < -0.39 is 0 Å². The zero-order chi connectivity index (χ0) is 14.0. The van der Waals surface area contributed by atoms with E-state index in [1.165, 1.54) is 6.07 Å². The minimum absolute atomic E-state index is 0.214. The van der Waals surface area contributed by atoms with Gasteiger partial charge in [0, 0.05) is 11.1 Å². The molecule has 0 amide bonds. The van der Waals surface area contributed by atoms with E-state index >= 15 is 0 Å². The third-order valence-electron chi connectivity index (χ3n) is 3.01. The Kier molecular flexibility index (Phi) is 3.69. The third-order valence-corrected chi connectivity index (χ3v) is 3.01. The molecule has 0 unspecified atom stereocenters. The molecule has 1 aromatic carbocycles. The highest BCUT2D eigenvalue weighted by Gasteiger charge is 2.16. The second-order valence-electron chi connectivity index (χ2n) is 4.49. The van der Waals surface area contributed by atoms with Crippen molar-refractivity contribution < 1.29 is 9.18 Å². The van der Waals surface area contributed by atoms with Gasteiger partial charge < -0.3 is 0 Å². The zero-order valence-corrected chi connectivity index (χ0v) is 11.2. The number of hydrogen-bond acceptors (Lipinski definition) is 3. The highest BCUT2D eigenvalue weighted by molar-refractivity contribution is 6.09. The zero-order valence-electron chi connectivity index (χ0n) is 11.2. The van der Waals surface area contributed by atoms with E-state index in [-0.39, 0.29) is 11.6 Å². The fraction of sp³-hybridized carbons (Fsp3) is 0.267. The van der Waals surface area contributed by atoms with Crippen molar-refractivity contribution >= 4 is 5.78 Å². The molecule has 0 aliphatic carbocycles. The molecule has 2 rings (SSSR count). The highest BCUT2D eigenvalue weighted by atomic mass is 19.1. The van der Waals surface area contributed by atoms with Crippen molar-refractivity contribution in [1.29, 1.82) is 0 Å².